The average molecular weight is 638 g/mol. The smallest absolute Gasteiger partial charge is 0.407 e. The van der Waals surface area contributed by atoms with Crippen LogP contribution in [-0.2, 0) is 40.4 Å². The molecule has 244 valence electrons. The van der Waals surface area contributed by atoms with Gasteiger partial charge in [-0.1, -0.05) is 97.1 Å². The van der Waals surface area contributed by atoms with Gasteiger partial charge >= 0.3 is 12.1 Å². The van der Waals surface area contributed by atoms with E-state index in [0.717, 1.165) is 21.6 Å². The van der Waals surface area contributed by atoms with Crippen LogP contribution in [0.25, 0.3) is 0 Å². The lowest BCUT2D eigenvalue weighted by Crippen LogP contribution is -2.51. The maximum Gasteiger partial charge on any atom is 0.407 e. The Morgan fingerprint density at radius 1 is 0.766 bits per heavy atom. The Morgan fingerprint density at radius 3 is 2.02 bits per heavy atom. The minimum Gasteiger partial charge on any atom is -0.445 e. The van der Waals surface area contributed by atoms with Gasteiger partial charge in [-0.05, 0) is 28.8 Å². The van der Waals surface area contributed by atoms with Crippen molar-refractivity contribution < 1.29 is 29.0 Å². The molecule has 1 aromatic heterocycles. The molecule has 4 aromatic rings. The zero-order chi connectivity index (χ0) is 33.3. The molecule has 47 heavy (non-hydrogen) atoms. The highest BCUT2D eigenvalue weighted by molar-refractivity contribution is 5.95. The van der Waals surface area contributed by atoms with E-state index in [1.807, 2.05) is 97.1 Å². The Bertz CT molecular complexity index is 1560. The van der Waals surface area contributed by atoms with Crippen LogP contribution in [0, 0.1) is 0 Å². The number of aromatic nitrogens is 1. The number of amides is 5. The lowest BCUT2D eigenvalue weighted by Gasteiger charge is -2.31. The molecule has 0 unspecified atom stereocenters. The van der Waals surface area contributed by atoms with Gasteiger partial charge in [0.25, 0.3) is 5.91 Å². The van der Waals surface area contributed by atoms with Crippen molar-refractivity contribution in [1.29, 1.82) is 0 Å². The summed E-state index contributed by atoms with van der Waals surface area (Å²) in [5.74, 6) is -1.19. The van der Waals surface area contributed by atoms with E-state index in [-0.39, 0.29) is 52.2 Å². The Balaban J connectivity index is 1.44. The van der Waals surface area contributed by atoms with E-state index in [2.05, 4.69) is 15.6 Å². The molecule has 4 rings (SSSR count). The fourth-order valence-electron chi connectivity index (χ4n) is 4.66. The van der Waals surface area contributed by atoms with Crippen LogP contribution in [-0.4, -0.2) is 69.6 Å². The third kappa shape index (κ3) is 11.7. The first-order valence-corrected chi connectivity index (χ1v) is 15.4. The van der Waals surface area contributed by atoms with E-state index in [1.165, 1.54) is 4.90 Å². The molecule has 0 fully saturated rings. The molecule has 0 aliphatic carbocycles. The Labute approximate surface area is 274 Å². The van der Waals surface area contributed by atoms with Crippen LogP contribution in [0.1, 0.15) is 28.8 Å². The first-order chi connectivity index (χ1) is 22.9. The highest BCUT2D eigenvalue weighted by atomic mass is 16.5. The van der Waals surface area contributed by atoms with Gasteiger partial charge in [-0.25, -0.2) is 9.59 Å². The van der Waals surface area contributed by atoms with Crippen molar-refractivity contribution in [3.8, 4) is 0 Å². The van der Waals surface area contributed by atoms with Gasteiger partial charge in [0.1, 0.15) is 12.7 Å². The summed E-state index contributed by atoms with van der Waals surface area (Å²) in [7, 11) is 0. The summed E-state index contributed by atoms with van der Waals surface area (Å²) in [5.41, 5.74) is 3.10. The number of carbonyl (C=O) groups is 4. The molecule has 5 amide bonds. The number of imide groups is 1. The van der Waals surface area contributed by atoms with Crippen LogP contribution in [0.3, 0.4) is 0 Å². The standard InChI is InChI=1S/C36H39N5O6/c42-32(34(44)39-24-28-12-4-1-5-13-28)26-40(25-29-14-6-2-7-15-29)36(46)41(23-20-31-18-10-11-21-37-31)33(43)19-22-38-35(45)47-27-30-16-8-3-9-17-30/h1-18,21,32,42H,19-20,22-27H2,(H,38,45)(H,39,44)/t32-/m0/s1. The number of benzene rings is 3. The fourth-order valence-corrected chi connectivity index (χ4v) is 4.66. The molecule has 3 aromatic carbocycles. The van der Waals surface area contributed by atoms with Crippen LogP contribution >= 0.6 is 0 Å². The van der Waals surface area contributed by atoms with Crippen LogP contribution in [0.5, 0.6) is 0 Å². The van der Waals surface area contributed by atoms with Crippen LogP contribution in [0.2, 0.25) is 0 Å². The van der Waals surface area contributed by atoms with E-state index in [1.54, 1.807) is 18.3 Å². The maximum atomic E-state index is 14.1. The summed E-state index contributed by atoms with van der Waals surface area (Å²) >= 11 is 0. The van der Waals surface area contributed by atoms with Crippen molar-refractivity contribution in [3.63, 3.8) is 0 Å². The summed E-state index contributed by atoms with van der Waals surface area (Å²) in [6, 6.07) is 32.2. The molecule has 0 radical (unpaired) electrons. The van der Waals surface area contributed by atoms with Gasteiger partial charge in [0.15, 0.2) is 0 Å². The Hall–Kier alpha value is -5.55. The van der Waals surface area contributed by atoms with Gasteiger partial charge in [-0.3, -0.25) is 19.5 Å². The molecule has 11 heteroatoms. The number of rotatable bonds is 15. The minimum atomic E-state index is -1.56. The number of hydrogen-bond acceptors (Lipinski definition) is 7. The number of alkyl carbamates (subject to hydrolysis) is 1. The average Bonchev–Trinajstić information content (AvgIpc) is 3.11. The van der Waals surface area contributed by atoms with E-state index in [9.17, 15) is 24.3 Å². The van der Waals surface area contributed by atoms with Gasteiger partial charge in [0, 0.05) is 50.9 Å². The van der Waals surface area contributed by atoms with Gasteiger partial charge in [-0.2, -0.15) is 0 Å². The predicted octanol–water partition coefficient (Wildman–Crippen LogP) is 4.07. The van der Waals surface area contributed by atoms with Crippen molar-refractivity contribution in [2.75, 3.05) is 19.6 Å². The number of aliphatic hydroxyl groups excluding tert-OH is 1. The van der Waals surface area contributed by atoms with Crippen molar-refractivity contribution in [2.45, 2.75) is 38.6 Å². The zero-order valence-electron chi connectivity index (χ0n) is 26.0. The van der Waals surface area contributed by atoms with Crippen LogP contribution in [0.15, 0.2) is 115 Å². The lowest BCUT2D eigenvalue weighted by molar-refractivity contribution is -0.130. The van der Waals surface area contributed by atoms with E-state index >= 15 is 0 Å². The number of urea groups is 1. The van der Waals surface area contributed by atoms with Gasteiger partial charge in [0.2, 0.25) is 5.91 Å². The third-order valence-electron chi connectivity index (χ3n) is 7.16. The molecule has 3 N–H and O–H groups in total. The van der Waals surface area contributed by atoms with Crippen LogP contribution in [0.4, 0.5) is 9.59 Å². The first kappa shape index (κ1) is 34.3. The summed E-state index contributed by atoms with van der Waals surface area (Å²) in [5, 5.41) is 16.1. The molecule has 0 aliphatic rings. The summed E-state index contributed by atoms with van der Waals surface area (Å²) < 4.78 is 5.22. The molecular formula is C36H39N5O6. The molecule has 0 bridgehead atoms. The monoisotopic (exact) mass is 637 g/mol. The molecule has 0 aliphatic heterocycles. The minimum absolute atomic E-state index is 0.00524. The highest BCUT2D eigenvalue weighted by Gasteiger charge is 2.30. The van der Waals surface area contributed by atoms with E-state index < -0.39 is 30.0 Å². The number of aliphatic hydroxyl groups is 1. The summed E-state index contributed by atoms with van der Waals surface area (Å²) in [6.07, 6.45) is -0.526. The largest absolute Gasteiger partial charge is 0.445 e. The molecule has 0 saturated heterocycles. The van der Waals surface area contributed by atoms with Crippen molar-refractivity contribution in [1.82, 2.24) is 25.4 Å². The highest BCUT2D eigenvalue weighted by Crippen LogP contribution is 2.12. The number of carbonyl (C=O) groups excluding carboxylic acids is 4. The van der Waals surface area contributed by atoms with Crippen molar-refractivity contribution in [2.24, 2.45) is 0 Å². The number of nitrogens with zero attached hydrogens (tertiary/aromatic N) is 3. The second-order valence-electron chi connectivity index (χ2n) is 10.7. The molecule has 1 atom stereocenters. The zero-order valence-corrected chi connectivity index (χ0v) is 26.0. The van der Waals surface area contributed by atoms with Gasteiger partial charge in [0.05, 0.1) is 6.54 Å². The maximum absolute atomic E-state index is 14.1. The first-order valence-electron chi connectivity index (χ1n) is 15.4. The SMILES string of the molecule is O=C(NCCC(=O)N(CCc1ccccn1)C(=O)N(Cc1ccccc1)C[C@H](O)C(=O)NCc1ccccc1)OCc1ccccc1. The lowest BCUT2D eigenvalue weighted by atomic mass is 10.2. The fraction of sp³-hybridized carbons (Fsp3) is 0.250. The quantitative estimate of drug-likeness (QED) is 0.179. The second kappa shape index (κ2) is 18.4. The molecule has 11 nitrogen and oxygen atoms in total. The topological polar surface area (TPSA) is 141 Å². The molecule has 0 saturated carbocycles. The van der Waals surface area contributed by atoms with Crippen LogP contribution < -0.4 is 10.6 Å². The van der Waals surface area contributed by atoms with Gasteiger partial charge in [-0.15, -0.1) is 0 Å². The Morgan fingerprint density at radius 2 is 1.38 bits per heavy atom. The number of hydrogen-bond donors (Lipinski definition) is 3. The van der Waals surface area contributed by atoms with E-state index in [0.29, 0.717) is 5.69 Å². The third-order valence-corrected chi connectivity index (χ3v) is 7.16. The predicted molar refractivity (Wildman–Crippen MR) is 175 cm³/mol. The number of ether oxygens (including phenoxy) is 1. The second-order valence-corrected chi connectivity index (χ2v) is 10.7. The molecular weight excluding hydrogens is 598 g/mol. The van der Waals surface area contributed by atoms with E-state index in [4.69, 9.17) is 4.74 Å². The molecule has 0 spiro atoms. The van der Waals surface area contributed by atoms with Crippen molar-refractivity contribution >= 4 is 23.9 Å². The summed E-state index contributed by atoms with van der Waals surface area (Å²) in [6.45, 7) is -0.104. The number of pyridine rings is 1. The molecule has 1 heterocycles. The number of nitrogens with one attached hydrogen (secondary N) is 2. The Kier molecular flexibility index (Phi) is 13.5. The van der Waals surface area contributed by atoms with Gasteiger partial charge < -0.3 is 25.4 Å². The summed E-state index contributed by atoms with van der Waals surface area (Å²) in [4.78, 5) is 59.3. The normalized spacial score (nSPS) is 11.2. The van der Waals surface area contributed by atoms with Crippen molar-refractivity contribution in [3.05, 3.63) is 138 Å².